The zero-order valence-corrected chi connectivity index (χ0v) is 8.75. The zero-order valence-electron chi connectivity index (χ0n) is 7.11. The van der Waals surface area contributed by atoms with Gasteiger partial charge in [0, 0.05) is 0 Å². The molecular weight excluding hydrogens is 265 g/mol. The SMILES string of the molecule is CC(=O)CC(=O)CN.[CH-]=O.[CH-]=O.[Rh+2]. The molecule has 77 valence electrons. The van der Waals surface area contributed by atoms with Gasteiger partial charge in [0.1, 0.15) is 5.78 Å². The van der Waals surface area contributed by atoms with E-state index in [9.17, 15) is 9.59 Å². The molecule has 0 aromatic carbocycles. The van der Waals surface area contributed by atoms with Crippen molar-refractivity contribution in [2.24, 2.45) is 5.73 Å². The average Bonchev–Trinajstić information content (AvgIpc) is 2.10. The minimum absolute atomic E-state index is 0. The molecule has 6 heteroatoms. The second-order valence-electron chi connectivity index (χ2n) is 1.62. The van der Waals surface area contributed by atoms with E-state index in [-0.39, 0.29) is 44.0 Å². The number of carbonyl (C=O) groups is 2. The van der Waals surface area contributed by atoms with Crippen LogP contribution in [0.1, 0.15) is 13.3 Å². The summed E-state index contributed by atoms with van der Waals surface area (Å²) < 4.78 is 0. The van der Waals surface area contributed by atoms with Gasteiger partial charge in [0.2, 0.25) is 0 Å². The molecule has 0 saturated carbocycles. The molecule has 0 aliphatic carbocycles. The van der Waals surface area contributed by atoms with Gasteiger partial charge < -0.3 is 15.3 Å². The molecule has 0 saturated heterocycles. The Labute approximate surface area is 89.8 Å². The molecule has 0 unspecified atom stereocenters. The van der Waals surface area contributed by atoms with Crippen molar-refractivity contribution in [3.05, 3.63) is 0 Å². The van der Waals surface area contributed by atoms with Gasteiger partial charge in [-0.15, -0.1) is 0 Å². The van der Waals surface area contributed by atoms with E-state index in [1.165, 1.54) is 6.92 Å². The van der Waals surface area contributed by atoms with E-state index >= 15 is 0 Å². The smallest absolute Gasteiger partial charge is 0.545 e. The van der Waals surface area contributed by atoms with E-state index < -0.39 is 0 Å². The van der Waals surface area contributed by atoms with E-state index in [2.05, 4.69) is 13.6 Å². The van der Waals surface area contributed by atoms with E-state index in [4.69, 9.17) is 15.3 Å². The van der Waals surface area contributed by atoms with Crippen LogP contribution in [-0.2, 0) is 38.7 Å². The van der Waals surface area contributed by atoms with Crippen molar-refractivity contribution < 1.29 is 38.7 Å². The quantitative estimate of drug-likeness (QED) is 0.307. The molecule has 0 bridgehead atoms. The van der Waals surface area contributed by atoms with Crippen molar-refractivity contribution >= 4 is 25.1 Å². The monoisotopic (exact) mass is 276 g/mol. The first-order valence-corrected chi connectivity index (χ1v) is 2.85. The minimum Gasteiger partial charge on any atom is -0.545 e. The Kier molecular flexibility index (Phi) is 39.4. The summed E-state index contributed by atoms with van der Waals surface area (Å²) in [5, 5.41) is 0. The van der Waals surface area contributed by atoms with Gasteiger partial charge in [-0.1, -0.05) is 0 Å². The first kappa shape index (κ1) is 22.8. The molecule has 0 aromatic heterocycles. The largest absolute Gasteiger partial charge is 2.00 e. The minimum atomic E-state index is -0.197. The second-order valence-corrected chi connectivity index (χ2v) is 1.62. The molecule has 2 N–H and O–H groups in total. The summed E-state index contributed by atoms with van der Waals surface area (Å²) in [6, 6.07) is 0. The van der Waals surface area contributed by atoms with Gasteiger partial charge >= 0.3 is 19.5 Å². The molecule has 0 aliphatic heterocycles. The number of hydrogen-bond donors (Lipinski definition) is 1. The first-order chi connectivity index (χ1) is 5.66. The van der Waals surface area contributed by atoms with Crippen molar-refractivity contribution in [2.75, 3.05) is 6.54 Å². The fourth-order valence-electron chi connectivity index (χ4n) is 0.350. The Bertz CT molecular complexity index is 138. The van der Waals surface area contributed by atoms with E-state index in [0.29, 0.717) is 0 Å². The molecule has 0 aliphatic rings. The Morgan fingerprint density at radius 2 is 1.46 bits per heavy atom. The molecule has 13 heavy (non-hydrogen) atoms. The molecule has 0 atom stereocenters. The molecule has 0 amide bonds. The Morgan fingerprint density at radius 3 is 1.54 bits per heavy atom. The fourth-order valence-corrected chi connectivity index (χ4v) is 0.350. The Balaban J connectivity index is -0.0000000712. The van der Waals surface area contributed by atoms with Crippen LogP contribution < -0.4 is 5.73 Å². The van der Waals surface area contributed by atoms with Crippen molar-refractivity contribution in [3.8, 4) is 0 Å². The van der Waals surface area contributed by atoms with Crippen LogP contribution >= 0.6 is 0 Å². The fraction of sp³-hybridized carbons (Fsp3) is 0.429. The summed E-state index contributed by atoms with van der Waals surface area (Å²) in [5.41, 5.74) is 4.92. The summed E-state index contributed by atoms with van der Waals surface area (Å²) >= 11 is 0. The number of nitrogens with two attached hydrogens (primary N) is 1. The van der Waals surface area contributed by atoms with Crippen molar-refractivity contribution in [2.45, 2.75) is 13.3 Å². The normalized spacial score (nSPS) is 6.00. The van der Waals surface area contributed by atoms with Gasteiger partial charge in [-0.2, -0.15) is 0 Å². The molecule has 0 aromatic rings. The van der Waals surface area contributed by atoms with Gasteiger partial charge in [0.25, 0.3) is 0 Å². The summed E-state index contributed by atoms with van der Waals surface area (Å²) in [5.74, 6) is -0.321. The van der Waals surface area contributed by atoms with Crippen LogP contribution in [0.4, 0.5) is 0 Å². The standard InChI is InChI=1S/C5H9NO2.2CHO.Rh/c1-4(7)2-5(8)3-6;2*1-2;/h2-3,6H2,1H3;2*1H;/q;2*-1;+2. The summed E-state index contributed by atoms with van der Waals surface area (Å²) in [7, 11) is 0. The van der Waals surface area contributed by atoms with Crippen LogP contribution in [0.2, 0.25) is 0 Å². The van der Waals surface area contributed by atoms with Crippen molar-refractivity contribution in [1.82, 2.24) is 0 Å². The Morgan fingerprint density at radius 1 is 1.15 bits per heavy atom. The van der Waals surface area contributed by atoms with Gasteiger partial charge in [0.15, 0.2) is 5.78 Å². The van der Waals surface area contributed by atoms with E-state index in [1.54, 1.807) is 0 Å². The zero-order chi connectivity index (χ0) is 10.6. The van der Waals surface area contributed by atoms with Crippen LogP contribution in [0, 0.1) is 0 Å². The predicted molar refractivity (Wildman–Crippen MR) is 42.9 cm³/mol. The summed E-state index contributed by atoms with van der Waals surface area (Å²) in [4.78, 5) is 35.9. The predicted octanol–water partition coefficient (Wildman–Crippen LogP) is -1.06. The van der Waals surface area contributed by atoms with Crippen LogP contribution in [0.25, 0.3) is 0 Å². The molecule has 0 heterocycles. The number of Topliss-reactive ketones (excluding diaryl/α,β-unsaturated/α-hetero) is 2. The molecule has 0 rings (SSSR count). The summed E-state index contributed by atoms with van der Waals surface area (Å²) in [6.45, 7) is 7.84. The Hall–Kier alpha value is -0.737. The van der Waals surface area contributed by atoms with Crippen molar-refractivity contribution in [3.63, 3.8) is 0 Å². The number of carbonyl (C=O) groups excluding carboxylic acids is 4. The molecule has 1 radical (unpaired) electrons. The van der Waals surface area contributed by atoms with Crippen LogP contribution in [0.3, 0.4) is 0 Å². The third-order valence-electron chi connectivity index (χ3n) is 0.674. The third kappa shape index (κ3) is 34.9. The maximum absolute atomic E-state index is 10.3. The van der Waals surface area contributed by atoms with Crippen molar-refractivity contribution in [1.29, 1.82) is 0 Å². The van der Waals surface area contributed by atoms with Gasteiger partial charge in [-0.25, -0.2) is 0 Å². The van der Waals surface area contributed by atoms with Crippen LogP contribution in [0.15, 0.2) is 0 Å². The van der Waals surface area contributed by atoms with Crippen LogP contribution in [-0.4, -0.2) is 31.7 Å². The number of hydrogen-bond acceptors (Lipinski definition) is 5. The van der Waals surface area contributed by atoms with Gasteiger partial charge in [-0.05, 0) is 6.92 Å². The topological polar surface area (TPSA) is 94.3 Å². The van der Waals surface area contributed by atoms with E-state index in [1.807, 2.05) is 0 Å². The van der Waals surface area contributed by atoms with Crippen LogP contribution in [0.5, 0.6) is 0 Å². The number of rotatable bonds is 3. The second kappa shape index (κ2) is 22.5. The molecule has 0 fully saturated rings. The third-order valence-corrected chi connectivity index (χ3v) is 0.674. The number of ketones is 2. The van der Waals surface area contributed by atoms with Gasteiger partial charge in [-0.3, -0.25) is 23.2 Å². The molecular formula is C7H11NO4Rh. The van der Waals surface area contributed by atoms with E-state index in [0.717, 1.165) is 0 Å². The summed E-state index contributed by atoms with van der Waals surface area (Å²) in [6.07, 6.45) is -0.0174. The average molecular weight is 276 g/mol. The van der Waals surface area contributed by atoms with Gasteiger partial charge in [0.05, 0.1) is 13.0 Å². The molecule has 0 spiro atoms. The maximum Gasteiger partial charge on any atom is 2.00 e. The first-order valence-electron chi connectivity index (χ1n) is 2.85. The molecule has 5 nitrogen and oxygen atoms in total. The maximum atomic E-state index is 10.3.